The van der Waals surface area contributed by atoms with Crippen LogP contribution in [0.4, 0.5) is 0 Å². The summed E-state index contributed by atoms with van der Waals surface area (Å²) in [6.45, 7) is 1.73. The summed E-state index contributed by atoms with van der Waals surface area (Å²) < 4.78 is 12.5. The van der Waals surface area contributed by atoms with Crippen LogP contribution in [0.15, 0.2) is 24.3 Å². The molecule has 0 aromatic heterocycles. The van der Waals surface area contributed by atoms with Gasteiger partial charge in [-0.2, -0.15) is 0 Å². The van der Waals surface area contributed by atoms with Gasteiger partial charge in [-0.25, -0.2) is 4.67 Å². The van der Waals surface area contributed by atoms with Gasteiger partial charge in [0, 0.05) is 13.1 Å². The molecular formula is C9H10NOP. The molecule has 0 unspecified atom stereocenters. The summed E-state index contributed by atoms with van der Waals surface area (Å²) >= 11 is 0. The molecule has 3 heteroatoms. The molecule has 12 heavy (non-hydrogen) atoms. The summed E-state index contributed by atoms with van der Waals surface area (Å²) in [5, 5.41) is 0. The molecule has 2 rings (SSSR count). The minimum atomic E-state index is 0.148. The molecule has 0 bridgehead atoms. The lowest BCUT2D eigenvalue weighted by atomic mass is 10.0. The highest BCUT2D eigenvalue weighted by Gasteiger charge is 2.14. The van der Waals surface area contributed by atoms with Gasteiger partial charge in [-0.05, 0) is 17.5 Å². The molecule has 0 saturated carbocycles. The third-order valence-corrected chi connectivity index (χ3v) is 2.80. The minimum absolute atomic E-state index is 0.148. The van der Waals surface area contributed by atoms with Gasteiger partial charge in [-0.1, -0.05) is 24.3 Å². The minimum Gasteiger partial charge on any atom is -0.256 e. The van der Waals surface area contributed by atoms with Gasteiger partial charge < -0.3 is 0 Å². The molecule has 0 radical (unpaired) electrons. The zero-order valence-electron chi connectivity index (χ0n) is 6.73. The second kappa shape index (κ2) is 3.34. The van der Waals surface area contributed by atoms with Crippen LogP contribution < -0.4 is 0 Å². The van der Waals surface area contributed by atoms with E-state index < -0.39 is 0 Å². The van der Waals surface area contributed by atoms with Crippen LogP contribution in [0.1, 0.15) is 11.1 Å². The van der Waals surface area contributed by atoms with E-state index in [-0.39, 0.29) is 8.61 Å². The smallest absolute Gasteiger partial charge is 0.249 e. The van der Waals surface area contributed by atoms with Crippen LogP contribution in [0.2, 0.25) is 0 Å². The van der Waals surface area contributed by atoms with Gasteiger partial charge in [0.1, 0.15) is 0 Å². The highest BCUT2D eigenvalue weighted by atomic mass is 31.1. The van der Waals surface area contributed by atoms with Gasteiger partial charge in [0.2, 0.25) is 8.61 Å². The van der Waals surface area contributed by atoms with Crippen molar-refractivity contribution in [2.75, 3.05) is 6.54 Å². The van der Waals surface area contributed by atoms with Crippen molar-refractivity contribution in [3.05, 3.63) is 35.4 Å². The lowest BCUT2D eigenvalue weighted by Crippen LogP contribution is -2.21. The standard InChI is InChI=1S/C9H10NOP/c11-12-10-6-5-8-3-1-2-4-9(8)7-10/h1-4H,5-7H2. The third-order valence-electron chi connectivity index (χ3n) is 2.23. The number of nitrogens with zero attached hydrogens (tertiary/aromatic N) is 1. The predicted molar refractivity (Wildman–Crippen MR) is 48.2 cm³/mol. The molecule has 62 valence electrons. The maximum absolute atomic E-state index is 10.6. The number of rotatable bonds is 1. The van der Waals surface area contributed by atoms with E-state index in [0.29, 0.717) is 0 Å². The molecule has 2 nitrogen and oxygen atoms in total. The normalized spacial score (nSPS) is 17.7. The van der Waals surface area contributed by atoms with Gasteiger partial charge >= 0.3 is 0 Å². The number of hydrogen-bond donors (Lipinski definition) is 0. The van der Waals surface area contributed by atoms with Crippen LogP contribution in [-0.2, 0) is 17.5 Å². The molecule has 0 atom stereocenters. The Labute approximate surface area is 73.5 Å². The molecule has 0 amide bonds. The first-order valence-corrected chi connectivity index (χ1v) is 4.81. The van der Waals surface area contributed by atoms with E-state index in [1.807, 2.05) is 10.7 Å². The SMILES string of the molecule is O=PN1CCc2ccccc2C1. The van der Waals surface area contributed by atoms with Crippen molar-refractivity contribution in [2.24, 2.45) is 0 Å². The molecule has 0 saturated heterocycles. The molecule has 1 aromatic rings. The number of hydrogen-bond acceptors (Lipinski definition) is 1. The lowest BCUT2D eigenvalue weighted by molar-refractivity contribution is 0.414. The Kier molecular flexibility index (Phi) is 2.20. The Morgan fingerprint density at radius 3 is 2.75 bits per heavy atom. The summed E-state index contributed by atoms with van der Waals surface area (Å²) in [6.07, 6.45) is 1.02. The first-order valence-electron chi connectivity index (χ1n) is 4.05. The van der Waals surface area contributed by atoms with Crippen LogP contribution in [0.25, 0.3) is 0 Å². The average molecular weight is 179 g/mol. The molecule has 1 heterocycles. The Morgan fingerprint density at radius 2 is 2.00 bits per heavy atom. The van der Waals surface area contributed by atoms with Gasteiger partial charge in [0.05, 0.1) is 0 Å². The summed E-state index contributed by atoms with van der Waals surface area (Å²) in [7, 11) is 0.148. The highest BCUT2D eigenvalue weighted by Crippen LogP contribution is 2.22. The van der Waals surface area contributed by atoms with Crippen LogP contribution in [0.5, 0.6) is 0 Å². The summed E-state index contributed by atoms with van der Waals surface area (Å²) in [5.74, 6) is 0. The van der Waals surface area contributed by atoms with Crippen molar-refractivity contribution in [3.8, 4) is 0 Å². The van der Waals surface area contributed by atoms with E-state index in [2.05, 4.69) is 18.2 Å². The third kappa shape index (κ3) is 1.40. The van der Waals surface area contributed by atoms with Gasteiger partial charge in [-0.3, -0.25) is 4.57 Å². The van der Waals surface area contributed by atoms with Crippen LogP contribution >= 0.6 is 8.61 Å². The van der Waals surface area contributed by atoms with Crippen molar-refractivity contribution in [1.29, 1.82) is 0 Å². The summed E-state index contributed by atoms with van der Waals surface area (Å²) in [5.41, 5.74) is 2.71. The fraction of sp³-hybridized carbons (Fsp3) is 0.333. The highest BCUT2D eigenvalue weighted by molar-refractivity contribution is 7.20. The molecule has 0 N–H and O–H groups in total. The second-order valence-corrected chi connectivity index (χ2v) is 3.72. The molecule has 1 aliphatic rings. The summed E-state index contributed by atoms with van der Waals surface area (Å²) in [4.78, 5) is 0. The van der Waals surface area contributed by atoms with Gasteiger partial charge in [0.25, 0.3) is 0 Å². The van der Waals surface area contributed by atoms with Gasteiger partial charge in [0.15, 0.2) is 0 Å². The van der Waals surface area contributed by atoms with E-state index in [4.69, 9.17) is 0 Å². The number of benzene rings is 1. The zero-order chi connectivity index (χ0) is 8.39. The molecule has 0 aliphatic carbocycles. The van der Waals surface area contributed by atoms with Crippen molar-refractivity contribution >= 4 is 8.61 Å². The lowest BCUT2D eigenvalue weighted by Gasteiger charge is -2.22. The average Bonchev–Trinajstić information content (AvgIpc) is 2.17. The molecule has 1 aromatic carbocycles. The van der Waals surface area contributed by atoms with Crippen molar-refractivity contribution in [3.63, 3.8) is 0 Å². The number of fused-ring (bicyclic) bond motifs is 1. The van der Waals surface area contributed by atoms with Crippen molar-refractivity contribution in [2.45, 2.75) is 13.0 Å². The van der Waals surface area contributed by atoms with E-state index in [1.165, 1.54) is 11.1 Å². The molecule has 1 aliphatic heterocycles. The molecule has 0 fully saturated rings. The van der Waals surface area contributed by atoms with Crippen LogP contribution in [0, 0.1) is 0 Å². The van der Waals surface area contributed by atoms with Crippen LogP contribution in [0.3, 0.4) is 0 Å². The van der Waals surface area contributed by atoms with Crippen LogP contribution in [-0.4, -0.2) is 11.2 Å². The first kappa shape index (κ1) is 7.90. The maximum Gasteiger partial charge on any atom is 0.249 e. The Bertz CT molecular complexity index is 300. The second-order valence-electron chi connectivity index (χ2n) is 2.99. The van der Waals surface area contributed by atoms with E-state index in [1.54, 1.807) is 0 Å². The largest absolute Gasteiger partial charge is 0.256 e. The van der Waals surface area contributed by atoms with E-state index in [9.17, 15) is 4.57 Å². The van der Waals surface area contributed by atoms with Crippen molar-refractivity contribution < 1.29 is 4.57 Å². The zero-order valence-corrected chi connectivity index (χ0v) is 7.63. The quantitative estimate of drug-likeness (QED) is 0.616. The maximum atomic E-state index is 10.6. The van der Waals surface area contributed by atoms with Crippen molar-refractivity contribution in [1.82, 2.24) is 4.67 Å². The Morgan fingerprint density at radius 1 is 1.25 bits per heavy atom. The molecular weight excluding hydrogens is 169 g/mol. The fourth-order valence-corrected chi connectivity index (χ4v) is 1.94. The first-order chi connectivity index (χ1) is 5.90. The Hall–Kier alpha value is -0.720. The topological polar surface area (TPSA) is 20.3 Å². The van der Waals surface area contributed by atoms with E-state index in [0.717, 1.165) is 19.5 Å². The fourth-order valence-electron chi connectivity index (χ4n) is 1.55. The summed E-state index contributed by atoms with van der Waals surface area (Å²) in [6, 6.07) is 8.34. The predicted octanol–water partition coefficient (Wildman–Crippen LogP) is 2.25. The Balaban J connectivity index is 2.28. The van der Waals surface area contributed by atoms with Gasteiger partial charge in [-0.15, -0.1) is 0 Å². The van der Waals surface area contributed by atoms with E-state index >= 15 is 0 Å². The molecule has 0 spiro atoms. The monoisotopic (exact) mass is 179 g/mol.